The Labute approximate surface area is 178 Å². The number of aryl methyl sites for hydroxylation is 3. The van der Waals surface area contributed by atoms with E-state index in [1.165, 1.54) is 24.6 Å². The highest BCUT2D eigenvalue weighted by Crippen LogP contribution is 2.38. The molecule has 0 saturated heterocycles. The number of thiophene rings is 1. The molecular weight excluding hydrogens is 434 g/mol. The molecule has 3 heterocycles. The maximum atomic E-state index is 13.1. The van der Waals surface area contributed by atoms with Crippen LogP contribution >= 0.6 is 11.3 Å². The normalized spacial score (nSPS) is 11.3. The number of hydrogen-bond donors (Lipinski definition) is 2. The average Bonchev–Trinajstić information content (AvgIpc) is 3.17. The van der Waals surface area contributed by atoms with Crippen LogP contribution in [0.1, 0.15) is 45.2 Å². The summed E-state index contributed by atoms with van der Waals surface area (Å²) in [4.78, 5) is 39.0. The molecule has 13 heteroatoms. The van der Waals surface area contributed by atoms with Gasteiger partial charge in [-0.25, -0.2) is 13.8 Å². The summed E-state index contributed by atoms with van der Waals surface area (Å²) in [5.74, 6) is -1.33. The van der Waals surface area contributed by atoms with Crippen LogP contribution in [0.3, 0.4) is 0 Å². The van der Waals surface area contributed by atoms with Gasteiger partial charge in [-0.2, -0.15) is 5.10 Å². The molecule has 0 atom stereocenters. The van der Waals surface area contributed by atoms with Gasteiger partial charge in [0, 0.05) is 11.8 Å². The molecule has 0 aliphatic carbocycles. The summed E-state index contributed by atoms with van der Waals surface area (Å²) in [6.07, 6.45) is -2.89. The van der Waals surface area contributed by atoms with E-state index in [4.69, 9.17) is 5.73 Å². The highest BCUT2D eigenvalue weighted by molar-refractivity contribution is 7.21. The summed E-state index contributed by atoms with van der Waals surface area (Å²) in [7, 11) is 0. The number of alkyl halides is 2. The van der Waals surface area contributed by atoms with Gasteiger partial charge in [-0.1, -0.05) is 0 Å². The Morgan fingerprint density at radius 1 is 1.35 bits per heavy atom. The van der Waals surface area contributed by atoms with Gasteiger partial charge in [-0.05, 0) is 32.4 Å². The third-order valence-corrected chi connectivity index (χ3v) is 5.77. The Hall–Kier alpha value is -3.48. The molecule has 2 amide bonds. The molecule has 0 aromatic carbocycles. The Balaban J connectivity index is 1.88. The molecule has 3 aromatic heterocycles. The topological polar surface area (TPSA) is 146 Å². The molecule has 0 bridgehead atoms. The van der Waals surface area contributed by atoms with Gasteiger partial charge < -0.3 is 11.1 Å². The Morgan fingerprint density at radius 3 is 2.58 bits per heavy atom. The number of hydrogen-bond acceptors (Lipinski definition) is 7. The maximum absolute atomic E-state index is 13.1. The Kier molecular flexibility index (Phi) is 5.97. The van der Waals surface area contributed by atoms with Gasteiger partial charge >= 0.3 is 5.69 Å². The van der Waals surface area contributed by atoms with Crippen LogP contribution in [0.15, 0.2) is 6.07 Å². The Morgan fingerprint density at radius 2 is 2.03 bits per heavy atom. The fraction of sp³-hybridized carbons (Fsp3) is 0.333. The first-order valence-corrected chi connectivity index (χ1v) is 9.83. The highest BCUT2D eigenvalue weighted by atomic mass is 32.1. The van der Waals surface area contributed by atoms with E-state index in [0.717, 1.165) is 11.3 Å². The zero-order valence-electron chi connectivity index (χ0n) is 16.7. The van der Waals surface area contributed by atoms with Crippen molar-refractivity contribution in [2.24, 2.45) is 5.73 Å². The molecule has 0 spiro atoms. The van der Waals surface area contributed by atoms with Crippen LogP contribution in [0.25, 0.3) is 10.2 Å². The fourth-order valence-corrected chi connectivity index (χ4v) is 4.36. The summed E-state index contributed by atoms with van der Waals surface area (Å²) in [6, 6.07) is 1.19. The van der Waals surface area contributed by atoms with Crippen molar-refractivity contribution in [3.05, 3.63) is 43.7 Å². The van der Waals surface area contributed by atoms with Crippen molar-refractivity contribution in [1.82, 2.24) is 14.8 Å². The smallest absolute Gasteiger partial charge is 0.312 e. The quantitative estimate of drug-likeness (QED) is 0.415. The monoisotopic (exact) mass is 452 g/mol. The summed E-state index contributed by atoms with van der Waals surface area (Å²) < 4.78 is 27.5. The fourth-order valence-electron chi connectivity index (χ4n) is 3.29. The summed E-state index contributed by atoms with van der Waals surface area (Å²) >= 11 is 0.819. The van der Waals surface area contributed by atoms with Gasteiger partial charge in [0.15, 0.2) is 0 Å². The molecule has 164 valence electrons. The van der Waals surface area contributed by atoms with Crippen molar-refractivity contribution in [2.75, 3.05) is 5.32 Å². The van der Waals surface area contributed by atoms with E-state index in [2.05, 4.69) is 15.4 Å². The largest absolute Gasteiger partial charge is 0.365 e. The number of carbonyl (C=O) groups excluding carboxylic acids is 2. The number of nitro groups is 1. The van der Waals surface area contributed by atoms with Gasteiger partial charge in [-0.15, -0.1) is 11.3 Å². The molecule has 3 rings (SSSR count). The van der Waals surface area contributed by atoms with Gasteiger partial charge in [0.2, 0.25) is 5.91 Å². The molecule has 3 aromatic rings. The number of nitrogens with two attached hydrogens (primary N) is 1. The minimum Gasteiger partial charge on any atom is -0.365 e. The number of rotatable bonds is 7. The van der Waals surface area contributed by atoms with Crippen molar-refractivity contribution >= 4 is 44.7 Å². The van der Waals surface area contributed by atoms with Gasteiger partial charge in [0.1, 0.15) is 26.8 Å². The molecule has 0 unspecified atom stereocenters. The lowest BCUT2D eigenvalue weighted by molar-refractivity contribution is -0.386. The number of halogens is 2. The molecular formula is C18H18F2N6O4S. The van der Waals surface area contributed by atoms with E-state index in [1.54, 1.807) is 6.92 Å². The van der Waals surface area contributed by atoms with Gasteiger partial charge in [0.05, 0.1) is 17.2 Å². The van der Waals surface area contributed by atoms with Crippen LogP contribution < -0.4 is 11.1 Å². The number of fused-ring (bicyclic) bond motifs is 1. The van der Waals surface area contributed by atoms with Crippen LogP contribution in [0, 0.1) is 30.9 Å². The third-order valence-electron chi connectivity index (χ3n) is 4.67. The minimum absolute atomic E-state index is 0.00730. The zero-order valence-corrected chi connectivity index (χ0v) is 17.5. The van der Waals surface area contributed by atoms with Crippen LogP contribution in [-0.4, -0.2) is 31.5 Å². The highest BCUT2D eigenvalue weighted by Gasteiger charge is 2.24. The standard InChI is InChI=1S/C18H18F2N6O4S/c1-7-6-10(16(19)20)22-18-12(7)13(15(31-18)17(21)28)23-11(27)4-5-25-9(3)14(26(29)30)8(2)24-25/h6,16H,4-5H2,1-3H3,(H2,21,28)(H,23,27). The second kappa shape index (κ2) is 8.34. The summed E-state index contributed by atoms with van der Waals surface area (Å²) in [6.45, 7) is 4.66. The zero-order chi connectivity index (χ0) is 23.0. The van der Waals surface area contributed by atoms with Crippen molar-refractivity contribution in [2.45, 2.75) is 40.2 Å². The minimum atomic E-state index is -2.79. The number of nitrogens with zero attached hydrogens (tertiary/aromatic N) is 4. The predicted molar refractivity (Wildman–Crippen MR) is 109 cm³/mol. The number of carbonyl (C=O) groups is 2. The lowest BCUT2D eigenvalue weighted by Crippen LogP contribution is -2.18. The molecule has 0 aliphatic rings. The molecule has 0 radical (unpaired) electrons. The van der Waals surface area contributed by atoms with Gasteiger partial charge in [0.25, 0.3) is 12.3 Å². The van der Waals surface area contributed by atoms with Gasteiger partial charge in [-0.3, -0.25) is 24.4 Å². The predicted octanol–water partition coefficient (Wildman–Crippen LogP) is 3.39. The average molecular weight is 452 g/mol. The van der Waals surface area contributed by atoms with Crippen LogP contribution in [0.4, 0.5) is 20.2 Å². The molecule has 0 saturated carbocycles. The number of anilines is 1. The number of aromatic nitrogens is 3. The Bertz CT molecular complexity index is 1220. The van der Waals surface area contributed by atoms with E-state index in [1.807, 2.05) is 0 Å². The number of pyridine rings is 1. The first-order valence-electron chi connectivity index (χ1n) is 9.01. The summed E-state index contributed by atoms with van der Waals surface area (Å²) in [5.41, 5.74) is 5.92. The second-order valence-corrected chi connectivity index (χ2v) is 7.81. The number of amides is 2. The van der Waals surface area contributed by atoms with E-state index in [0.29, 0.717) is 16.6 Å². The van der Waals surface area contributed by atoms with Crippen molar-refractivity contribution in [1.29, 1.82) is 0 Å². The first-order chi connectivity index (χ1) is 14.5. The first kappa shape index (κ1) is 22.2. The number of nitrogens with one attached hydrogen (secondary N) is 1. The van der Waals surface area contributed by atoms with E-state index in [9.17, 15) is 28.5 Å². The van der Waals surface area contributed by atoms with Crippen LogP contribution in [0.2, 0.25) is 0 Å². The lowest BCUT2D eigenvalue weighted by atomic mass is 10.1. The van der Waals surface area contributed by atoms with Crippen molar-refractivity contribution < 1.29 is 23.3 Å². The van der Waals surface area contributed by atoms with Crippen LogP contribution in [0.5, 0.6) is 0 Å². The molecule has 10 nitrogen and oxygen atoms in total. The van der Waals surface area contributed by atoms with E-state index in [-0.39, 0.29) is 39.7 Å². The van der Waals surface area contributed by atoms with E-state index < -0.39 is 28.9 Å². The van der Waals surface area contributed by atoms with Crippen molar-refractivity contribution in [3.8, 4) is 0 Å². The molecule has 31 heavy (non-hydrogen) atoms. The maximum Gasteiger partial charge on any atom is 0.312 e. The molecule has 0 fully saturated rings. The molecule has 3 N–H and O–H groups in total. The van der Waals surface area contributed by atoms with Crippen molar-refractivity contribution in [3.63, 3.8) is 0 Å². The van der Waals surface area contributed by atoms with E-state index >= 15 is 0 Å². The second-order valence-electron chi connectivity index (χ2n) is 6.81. The lowest BCUT2D eigenvalue weighted by Gasteiger charge is -2.09. The SMILES string of the molecule is Cc1nn(CCC(=O)Nc2c(C(N)=O)sc3nc(C(F)F)cc(C)c23)c(C)c1[N+](=O)[O-]. The number of primary amides is 1. The molecule has 0 aliphatic heterocycles. The summed E-state index contributed by atoms with van der Waals surface area (Å²) in [5, 5.41) is 18.2. The third kappa shape index (κ3) is 4.21. The van der Waals surface area contributed by atoms with Crippen LogP contribution in [-0.2, 0) is 11.3 Å².